The lowest BCUT2D eigenvalue weighted by molar-refractivity contribution is -0.115. The number of aromatic nitrogens is 3. The molecule has 0 saturated carbocycles. The van der Waals surface area contributed by atoms with Crippen LogP contribution in [0.1, 0.15) is 13.8 Å². The van der Waals surface area contributed by atoms with Crippen LogP contribution in [-0.4, -0.2) is 25.9 Å². The van der Waals surface area contributed by atoms with E-state index in [0.717, 1.165) is 6.54 Å². The van der Waals surface area contributed by atoms with Crippen molar-refractivity contribution in [2.45, 2.75) is 30.8 Å². The SMILES string of the molecule is CCn1cnnc1S[C@H](C)C(=O)Nc1cccc(F)c1. The average molecular weight is 294 g/mol. The zero-order chi connectivity index (χ0) is 14.5. The third-order valence-corrected chi connectivity index (χ3v) is 3.76. The fraction of sp³-hybridized carbons (Fsp3) is 0.308. The van der Waals surface area contributed by atoms with Crippen molar-refractivity contribution in [3.05, 3.63) is 36.4 Å². The summed E-state index contributed by atoms with van der Waals surface area (Å²) in [6.45, 7) is 4.49. The molecule has 1 N–H and O–H groups in total. The van der Waals surface area contributed by atoms with E-state index in [0.29, 0.717) is 10.8 Å². The molecule has 0 aliphatic rings. The van der Waals surface area contributed by atoms with Crippen molar-refractivity contribution in [1.29, 1.82) is 0 Å². The van der Waals surface area contributed by atoms with Gasteiger partial charge in [-0.05, 0) is 32.0 Å². The van der Waals surface area contributed by atoms with E-state index in [-0.39, 0.29) is 17.0 Å². The Kier molecular flexibility index (Phi) is 4.73. The maximum absolute atomic E-state index is 13.0. The van der Waals surface area contributed by atoms with Crippen LogP contribution in [0.25, 0.3) is 0 Å². The third kappa shape index (κ3) is 3.57. The van der Waals surface area contributed by atoms with Gasteiger partial charge in [-0.25, -0.2) is 4.39 Å². The van der Waals surface area contributed by atoms with Crippen LogP contribution < -0.4 is 5.32 Å². The lowest BCUT2D eigenvalue weighted by Crippen LogP contribution is -2.22. The summed E-state index contributed by atoms with van der Waals surface area (Å²) in [5.41, 5.74) is 0.444. The molecule has 0 aliphatic carbocycles. The number of nitrogens with zero attached hydrogens (tertiary/aromatic N) is 3. The summed E-state index contributed by atoms with van der Waals surface area (Å²) in [6, 6.07) is 5.81. The minimum atomic E-state index is -0.381. The van der Waals surface area contributed by atoms with Crippen LogP contribution in [0.4, 0.5) is 10.1 Å². The van der Waals surface area contributed by atoms with E-state index in [1.54, 1.807) is 25.4 Å². The molecule has 106 valence electrons. The van der Waals surface area contributed by atoms with Crippen molar-refractivity contribution in [2.24, 2.45) is 0 Å². The summed E-state index contributed by atoms with van der Waals surface area (Å²) in [5, 5.41) is 10.8. The number of halogens is 1. The molecule has 7 heteroatoms. The van der Waals surface area contributed by atoms with Crippen LogP contribution in [0.3, 0.4) is 0 Å². The van der Waals surface area contributed by atoms with Crippen LogP contribution in [0.2, 0.25) is 0 Å². The molecule has 2 aromatic rings. The Hall–Kier alpha value is -1.89. The van der Waals surface area contributed by atoms with Gasteiger partial charge < -0.3 is 9.88 Å². The topological polar surface area (TPSA) is 59.8 Å². The smallest absolute Gasteiger partial charge is 0.237 e. The molecule has 1 aromatic heterocycles. The molecule has 1 amide bonds. The van der Waals surface area contributed by atoms with Gasteiger partial charge in [0.05, 0.1) is 5.25 Å². The largest absolute Gasteiger partial charge is 0.325 e. The number of hydrogen-bond donors (Lipinski definition) is 1. The van der Waals surface area contributed by atoms with E-state index in [1.807, 2.05) is 11.5 Å². The number of carbonyl (C=O) groups is 1. The van der Waals surface area contributed by atoms with Crippen molar-refractivity contribution in [3.63, 3.8) is 0 Å². The molecular weight excluding hydrogens is 279 g/mol. The third-order valence-electron chi connectivity index (χ3n) is 2.66. The van der Waals surface area contributed by atoms with Crippen LogP contribution >= 0.6 is 11.8 Å². The average Bonchev–Trinajstić information content (AvgIpc) is 2.85. The number of amides is 1. The molecule has 1 heterocycles. The summed E-state index contributed by atoms with van der Waals surface area (Å²) >= 11 is 1.32. The van der Waals surface area contributed by atoms with Gasteiger partial charge in [0.15, 0.2) is 5.16 Å². The van der Waals surface area contributed by atoms with Crippen molar-refractivity contribution >= 4 is 23.4 Å². The number of carbonyl (C=O) groups excluding carboxylic acids is 1. The minimum absolute atomic E-state index is 0.203. The molecule has 0 aliphatic heterocycles. The second-order valence-electron chi connectivity index (χ2n) is 4.16. The number of rotatable bonds is 5. The fourth-order valence-corrected chi connectivity index (χ4v) is 2.46. The molecule has 5 nitrogen and oxygen atoms in total. The quantitative estimate of drug-likeness (QED) is 0.861. The zero-order valence-corrected chi connectivity index (χ0v) is 12.0. The summed E-state index contributed by atoms with van der Waals surface area (Å²) in [7, 11) is 0. The Morgan fingerprint density at radius 2 is 2.35 bits per heavy atom. The van der Waals surface area contributed by atoms with Crippen LogP contribution in [0.15, 0.2) is 35.7 Å². The van der Waals surface area contributed by atoms with Gasteiger partial charge >= 0.3 is 0 Å². The molecule has 20 heavy (non-hydrogen) atoms. The first-order chi connectivity index (χ1) is 9.60. The molecule has 1 atom stereocenters. The summed E-state index contributed by atoms with van der Waals surface area (Å²) in [5.74, 6) is -0.583. The predicted molar refractivity (Wildman–Crippen MR) is 76.0 cm³/mol. The molecule has 0 bridgehead atoms. The van der Waals surface area contributed by atoms with Crippen molar-refractivity contribution in [1.82, 2.24) is 14.8 Å². The number of hydrogen-bond acceptors (Lipinski definition) is 4. The van der Waals surface area contributed by atoms with Gasteiger partial charge in [-0.3, -0.25) is 4.79 Å². The van der Waals surface area contributed by atoms with E-state index in [4.69, 9.17) is 0 Å². The molecule has 1 aromatic carbocycles. The summed E-state index contributed by atoms with van der Waals surface area (Å²) in [4.78, 5) is 12.0. The number of aryl methyl sites for hydroxylation is 1. The highest BCUT2D eigenvalue weighted by atomic mass is 32.2. The number of nitrogens with one attached hydrogen (secondary N) is 1. The molecule has 0 saturated heterocycles. The lowest BCUT2D eigenvalue weighted by atomic mass is 10.3. The molecule has 0 radical (unpaired) electrons. The van der Waals surface area contributed by atoms with Crippen LogP contribution in [0.5, 0.6) is 0 Å². The van der Waals surface area contributed by atoms with Crippen LogP contribution in [0, 0.1) is 5.82 Å². The highest BCUT2D eigenvalue weighted by Crippen LogP contribution is 2.22. The summed E-state index contributed by atoms with van der Waals surface area (Å²) in [6.07, 6.45) is 1.62. The maximum Gasteiger partial charge on any atom is 0.237 e. The monoisotopic (exact) mass is 294 g/mol. The van der Waals surface area contributed by atoms with Crippen molar-refractivity contribution < 1.29 is 9.18 Å². The van der Waals surface area contributed by atoms with E-state index >= 15 is 0 Å². The molecule has 2 rings (SSSR count). The first-order valence-corrected chi connectivity index (χ1v) is 7.09. The van der Waals surface area contributed by atoms with Gasteiger partial charge in [-0.1, -0.05) is 17.8 Å². The van der Waals surface area contributed by atoms with Crippen molar-refractivity contribution in [3.8, 4) is 0 Å². The Bertz CT molecular complexity index is 602. The van der Waals surface area contributed by atoms with Gasteiger partial charge in [-0.2, -0.15) is 0 Å². The number of benzene rings is 1. The highest BCUT2D eigenvalue weighted by Gasteiger charge is 2.17. The van der Waals surface area contributed by atoms with Gasteiger partial charge in [0, 0.05) is 12.2 Å². The van der Waals surface area contributed by atoms with Crippen molar-refractivity contribution in [2.75, 3.05) is 5.32 Å². The predicted octanol–water partition coefficient (Wildman–Crippen LogP) is 2.56. The van der Waals surface area contributed by atoms with E-state index in [2.05, 4.69) is 15.5 Å². The van der Waals surface area contributed by atoms with E-state index in [9.17, 15) is 9.18 Å². The molecule has 0 spiro atoms. The zero-order valence-electron chi connectivity index (χ0n) is 11.2. The second kappa shape index (κ2) is 6.51. The standard InChI is InChI=1S/C13H15FN4OS/c1-3-18-8-15-17-13(18)20-9(2)12(19)16-11-6-4-5-10(14)7-11/h4-9H,3H2,1-2H3,(H,16,19)/t9-/m1/s1. The van der Waals surface area contributed by atoms with E-state index in [1.165, 1.54) is 23.9 Å². The van der Waals surface area contributed by atoms with Gasteiger partial charge in [0.2, 0.25) is 5.91 Å². The van der Waals surface area contributed by atoms with Gasteiger partial charge in [-0.15, -0.1) is 10.2 Å². The second-order valence-corrected chi connectivity index (χ2v) is 5.47. The van der Waals surface area contributed by atoms with Gasteiger partial charge in [0.25, 0.3) is 0 Å². The Labute approximate surface area is 120 Å². The molecule has 0 fully saturated rings. The fourth-order valence-electron chi connectivity index (χ4n) is 1.57. The number of thioether (sulfide) groups is 1. The Morgan fingerprint density at radius 3 is 3.05 bits per heavy atom. The Balaban J connectivity index is 1.99. The number of anilines is 1. The lowest BCUT2D eigenvalue weighted by Gasteiger charge is -2.11. The highest BCUT2D eigenvalue weighted by molar-refractivity contribution is 8.00. The maximum atomic E-state index is 13.0. The first-order valence-electron chi connectivity index (χ1n) is 6.21. The summed E-state index contributed by atoms with van der Waals surface area (Å²) < 4.78 is 14.9. The van der Waals surface area contributed by atoms with E-state index < -0.39 is 0 Å². The normalized spacial score (nSPS) is 12.2. The Morgan fingerprint density at radius 1 is 1.55 bits per heavy atom. The first kappa shape index (κ1) is 14.5. The minimum Gasteiger partial charge on any atom is -0.325 e. The molecular formula is C13H15FN4OS. The van der Waals surface area contributed by atoms with Crippen LogP contribution in [-0.2, 0) is 11.3 Å². The van der Waals surface area contributed by atoms with Gasteiger partial charge in [0.1, 0.15) is 12.1 Å². The molecule has 0 unspecified atom stereocenters.